The Morgan fingerprint density at radius 1 is 1.10 bits per heavy atom. The molecule has 1 amide bonds. The fraction of sp³-hybridized carbons (Fsp3) is 0.429. The van der Waals surface area contributed by atoms with Gasteiger partial charge >= 0.3 is 0 Å². The number of ether oxygens (including phenoxy) is 3. The van der Waals surface area contributed by atoms with Crippen molar-refractivity contribution in [3.05, 3.63) is 40.1 Å². The van der Waals surface area contributed by atoms with Gasteiger partial charge in [-0.1, -0.05) is 6.07 Å². The van der Waals surface area contributed by atoms with Crippen molar-refractivity contribution >= 4 is 23.2 Å². The maximum Gasteiger partial charge on any atom is 0.241 e. The molecule has 8 nitrogen and oxygen atoms in total. The number of thiophene rings is 1. The fourth-order valence-electron chi connectivity index (χ4n) is 2.65. The number of rotatable bonds is 10. The monoisotopic (exact) mass is 434 g/mol. The minimum Gasteiger partial charge on any atom is -0.493 e. The van der Waals surface area contributed by atoms with Crippen molar-refractivity contribution in [2.24, 2.45) is 4.99 Å². The Morgan fingerprint density at radius 2 is 1.80 bits per heavy atom. The second kappa shape index (κ2) is 11.9. The summed E-state index contributed by atoms with van der Waals surface area (Å²) in [5.41, 5.74) is 0.891. The van der Waals surface area contributed by atoms with Gasteiger partial charge in [-0.3, -0.25) is 4.79 Å². The summed E-state index contributed by atoms with van der Waals surface area (Å²) >= 11 is 1.72. The molecular weight excluding hydrogens is 404 g/mol. The van der Waals surface area contributed by atoms with E-state index in [9.17, 15) is 4.79 Å². The van der Waals surface area contributed by atoms with Crippen LogP contribution in [-0.4, -0.2) is 65.3 Å². The molecule has 0 fully saturated rings. The number of methoxy groups -OCH3 is 3. The third kappa shape index (κ3) is 6.84. The van der Waals surface area contributed by atoms with Gasteiger partial charge in [-0.25, -0.2) is 4.99 Å². The number of nitrogens with zero attached hydrogens (tertiary/aromatic N) is 2. The normalized spacial score (nSPS) is 11.0. The molecule has 1 heterocycles. The molecule has 0 atom stereocenters. The summed E-state index contributed by atoms with van der Waals surface area (Å²) in [6, 6.07) is 7.85. The van der Waals surface area contributed by atoms with E-state index in [0.717, 1.165) is 12.0 Å². The molecular formula is C21H30N4O4S. The number of aliphatic imine (C=N–C) groups is 1. The molecule has 1 aromatic heterocycles. The van der Waals surface area contributed by atoms with Crippen molar-refractivity contribution in [1.29, 1.82) is 0 Å². The van der Waals surface area contributed by atoms with Crippen LogP contribution >= 0.6 is 11.3 Å². The highest BCUT2D eigenvalue weighted by atomic mass is 32.1. The number of likely N-dealkylation sites (N-methyl/N-ethyl adjacent to an activating group) is 1. The summed E-state index contributed by atoms with van der Waals surface area (Å²) in [5, 5.41) is 8.44. The van der Waals surface area contributed by atoms with Crippen molar-refractivity contribution in [3.63, 3.8) is 0 Å². The molecule has 30 heavy (non-hydrogen) atoms. The van der Waals surface area contributed by atoms with Gasteiger partial charge in [-0.05, 0) is 35.6 Å². The van der Waals surface area contributed by atoms with Crippen LogP contribution in [0.1, 0.15) is 10.4 Å². The zero-order chi connectivity index (χ0) is 21.9. The van der Waals surface area contributed by atoms with Gasteiger partial charge in [-0.2, -0.15) is 0 Å². The zero-order valence-corrected chi connectivity index (χ0v) is 19.0. The highest BCUT2D eigenvalue weighted by Crippen LogP contribution is 2.38. The summed E-state index contributed by atoms with van der Waals surface area (Å²) in [6.45, 7) is 1.24. The molecule has 9 heteroatoms. The summed E-state index contributed by atoms with van der Waals surface area (Å²) in [4.78, 5) is 19.4. The van der Waals surface area contributed by atoms with Crippen LogP contribution in [0.15, 0.2) is 34.6 Å². The minimum atomic E-state index is -0.0319. The van der Waals surface area contributed by atoms with E-state index in [1.165, 1.54) is 9.78 Å². The Bertz CT molecular complexity index is 813. The second-order valence-corrected chi connectivity index (χ2v) is 7.63. The standard InChI is InChI=1S/C21H30N4O4S/c1-25(2)19(26)14-24-21(22-9-8-16-7-6-10-30-16)23-13-15-11-17(27-3)20(29-5)18(12-15)28-4/h6-7,10-12H,8-9,13-14H2,1-5H3,(H2,22,23,24). The first-order valence-electron chi connectivity index (χ1n) is 9.52. The van der Waals surface area contributed by atoms with E-state index >= 15 is 0 Å². The lowest BCUT2D eigenvalue weighted by molar-refractivity contribution is -0.127. The largest absolute Gasteiger partial charge is 0.493 e. The molecule has 0 saturated heterocycles. The number of carbonyl (C=O) groups excluding carboxylic acids is 1. The van der Waals surface area contributed by atoms with Gasteiger partial charge in [0.2, 0.25) is 11.7 Å². The highest BCUT2D eigenvalue weighted by molar-refractivity contribution is 7.09. The molecule has 0 aliphatic rings. The van der Waals surface area contributed by atoms with Crippen molar-refractivity contribution in [2.45, 2.75) is 13.0 Å². The topological polar surface area (TPSA) is 84.4 Å². The summed E-state index contributed by atoms with van der Waals surface area (Å²) in [6.07, 6.45) is 0.879. The van der Waals surface area contributed by atoms with Crippen LogP contribution in [0.5, 0.6) is 17.2 Å². The molecule has 0 bridgehead atoms. The minimum absolute atomic E-state index is 0.0319. The predicted octanol–water partition coefficient (Wildman–Crippen LogP) is 2.14. The van der Waals surface area contributed by atoms with Crippen molar-refractivity contribution in [1.82, 2.24) is 15.5 Å². The van der Waals surface area contributed by atoms with Gasteiger partial charge in [0, 0.05) is 25.5 Å². The molecule has 0 saturated carbocycles. The smallest absolute Gasteiger partial charge is 0.241 e. The van der Waals surface area contributed by atoms with Crippen molar-refractivity contribution < 1.29 is 19.0 Å². The van der Waals surface area contributed by atoms with Gasteiger partial charge in [0.1, 0.15) is 0 Å². The zero-order valence-electron chi connectivity index (χ0n) is 18.2. The van der Waals surface area contributed by atoms with Gasteiger partial charge < -0.3 is 29.7 Å². The van der Waals surface area contributed by atoms with E-state index < -0.39 is 0 Å². The Morgan fingerprint density at radius 3 is 2.33 bits per heavy atom. The molecule has 2 N–H and O–H groups in total. The number of hydrogen-bond donors (Lipinski definition) is 2. The maximum atomic E-state index is 12.0. The van der Waals surface area contributed by atoms with Crippen LogP contribution in [0.3, 0.4) is 0 Å². The van der Waals surface area contributed by atoms with Crippen LogP contribution in [-0.2, 0) is 17.8 Å². The van der Waals surface area contributed by atoms with E-state index in [0.29, 0.717) is 36.3 Å². The summed E-state index contributed by atoms with van der Waals surface area (Å²) < 4.78 is 16.2. The lowest BCUT2D eigenvalue weighted by Gasteiger charge is -2.16. The first-order chi connectivity index (χ1) is 14.5. The third-order valence-corrected chi connectivity index (χ3v) is 5.23. The summed E-state index contributed by atoms with van der Waals surface area (Å²) in [5.74, 6) is 2.22. The SMILES string of the molecule is COc1cc(CN=C(NCCc2cccs2)NCC(=O)N(C)C)cc(OC)c1OC. The van der Waals surface area contributed by atoms with Crippen LogP contribution in [0.25, 0.3) is 0 Å². The predicted molar refractivity (Wildman–Crippen MR) is 120 cm³/mol. The van der Waals surface area contributed by atoms with E-state index in [1.54, 1.807) is 46.8 Å². The van der Waals surface area contributed by atoms with Crippen molar-refractivity contribution in [3.8, 4) is 17.2 Å². The van der Waals surface area contributed by atoms with Crippen LogP contribution < -0.4 is 24.8 Å². The Balaban J connectivity index is 2.12. The van der Waals surface area contributed by atoms with Crippen LogP contribution in [0.2, 0.25) is 0 Å². The number of benzene rings is 1. The number of nitrogens with one attached hydrogen (secondary N) is 2. The average molecular weight is 435 g/mol. The average Bonchev–Trinajstić information content (AvgIpc) is 3.27. The van der Waals surface area contributed by atoms with E-state index in [4.69, 9.17) is 14.2 Å². The van der Waals surface area contributed by atoms with Gasteiger partial charge in [0.15, 0.2) is 17.5 Å². The van der Waals surface area contributed by atoms with Gasteiger partial charge in [-0.15, -0.1) is 11.3 Å². The number of carbonyl (C=O) groups is 1. The Hall–Kier alpha value is -2.94. The van der Waals surface area contributed by atoms with Crippen LogP contribution in [0, 0.1) is 0 Å². The van der Waals surface area contributed by atoms with Gasteiger partial charge in [0.25, 0.3) is 0 Å². The van der Waals surface area contributed by atoms with E-state index in [-0.39, 0.29) is 12.5 Å². The maximum absolute atomic E-state index is 12.0. The molecule has 0 spiro atoms. The molecule has 0 aliphatic carbocycles. The molecule has 1 aromatic carbocycles. The molecule has 0 radical (unpaired) electrons. The first kappa shape index (κ1) is 23.3. The molecule has 0 unspecified atom stereocenters. The lowest BCUT2D eigenvalue weighted by Crippen LogP contribution is -2.43. The quantitative estimate of drug-likeness (QED) is 0.440. The number of hydrogen-bond acceptors (Lipinski definition) is 6. The second-order valence-electron chi connectivity index (χ2n) is 6.60. The van der Waals surface area contributed by atoms with Crippen molar-refractivity contribution in [2.75, 3.05) is 48.5 Å². The van der Waals surface area contributed by atoms with Gasteiger partial charge in [0.05, 0.1) is 34.4 Å². The first-order valence-corrected chi connectivity index (χ1v) is 10.4. The highest BCUT2D eigenvalue weighted by Gasteiger charge is 2.13. The molecule has 0 aliphatic heterocycles. The van der Waals surface area contributed by atoms with E-state index in [2.05, 4.69) is 27.1 Å². The molecule has 164 valence electrons. The Labute approximate surface area is 181 Å². The van der Waals surface area contributed by atoms with Crippen LogP contribution in [0.4, 0.5) is 0 Å². The fourth-order valence-corrected chi connectivity index (χ4v) is 3.36. The summed E-state index contributed by atoms with van der Waals surface area (Å²) in [7, 11) is 8.17. The molecule has 2 aromatic rings. The van der Waals surface area contributed by atoms with E-state index in [1.807, 2.05) is 18.2 Å². The lowest BCUT2D eigenvalue weighted by atomic mass is 10.2. The molecule has 2 rings (SSSR count). The number of amides is 1. The Kier molecular flexibility index (Phi) is 9.27. The third-order valence-electron chi connectivity index (χ3n) is 4.29. The number of guanidine groups is 1.